The van der Waals surface area contributed by atoms with Crippen molar-refractivity contribution in [1.29, 1.82) is 0 Å². The molecule has 0 radical (unpaired) electrons. The van der Waals surface area contributed by atoms with Gasteiger partial charge in [-0.2, -0.15) is 8.42 Å². The number of aliphatic carboxylic acids is 1. The summed E-state index contributed by atoms with van der Waals surface area (Å²) in [6.07, 6.45) is 11.0. The monoisotopic (exact) mass is 332 g/mol. The fourth-order valence-electron chi connectivity index (χ4n) is 2.22. The number of rotatable bonds is 13. The van der Waals surface area contributed by atoms with Crippen molar-refractivity contribution >= 4 is 45.6 Å². The van der Waals surface area contributed by atoms with Crippen molar-refractivity contribution in [2.24, 2.45) is 0 Å². The first kappa shape index (κ1) is 23.6. The summed E-state index contributed by atoms with van der Waals surface area (Å²) in [5, 5.41) is 7.04. The molecule has 0 aromatic rings. The second kappa shape index (κ2) is 14.0. The first-order chi connectivity index (χ1) is 9.39. The summed E-state index contributed by atoms with van der Waals surface area (Å²) in [5.74, 6) is -1.47. The number of carboxylic acids is 1. The molecule has 5 nitrogen and oxygen atoms in total. The molecule has 0 aromatic heterocycles. The van der Waals surface area contributed by atoms with Crippen molar-refractivity contribution in [3.63, 3.8) is 0 Å². The van der Waals surface area contributed by atoms with E-state index in [1.807, 2.05) is 0 Å². The van der Waals surface area contributed by atoms with Crippen molar-refractivity contribution in [3.8, 4) is 0 Å². The van der Waals surface area contributed by atoms with Gasteiger partial charge in [-0.3, -0.25) is 9.35 Å². The third kappa shape index (κ3) is 13.7. The van der Waals surface area contributed by atoms with Crippen LogP contribution in [-0.4, -0.2) is 58.9 Å². The van der Waals surface area contributed by atoms with Crippen LogP contribution in [0.15, 0.2) is 0 Å². The number of unbranched alkanes of at least 4 members (excludes halogenated alkanes) is 9. The van der Waals surface area contributed by atoms with Gasteiger partial charge in [-0.25, -0.2) is 0 Å². The number of carbonyl (C=O) groups is 1. The van der Waals surface area contributed by atoms with Crippen LogP contribution in [0.25, 0.3) is 0 Å². The van der Waals surface area contributed by atoms with Gasteiger partial charge in [0, 0.05) is 0 Å². The summed E-state index contributed by atoms with van der Waals surface area (Å²) < 4.78 is 30.5. The Hall–Kier alpha value is 0.380. The fourth-order valence-corrected chi connectivity index (χ4v) is 2.94. The number of hydrogen-bond acceptors (Lipinski definition) is 3. The van der Waals surface area contributed by atoms with Crippen molar-refractivity contribution in [3.05, 3.63) is 0 Å². The Balaban J connectivity index is 0. The van der Waals surface area contributed by atoms with E-state index in [2.05, 4.69) is 6.92 Å². The van der Waals surface area contributed by atoms with Crippen LogP contribution in [0, 0.1) is 0 Å². The molecule has 1 unspecified atom stereocenters. The Morgan fingerprint density at radius 1 is 0.905 bits per heavy atom. The van der Waals surface area contributed by atoms with Crippen LogP contribution in [-0.2, 0) is 14.9 Å². The summed E-state index contributed by atoms with van der Waals surface area (Å²) in [4.78, 5) is 10.7. The molecule has 0 aliphatic rings. The van der Waals surface area contributed by atoms with Gasteiger partial charge >= 0.3 is 35.5 Å². The number of hydrogen-bond donors (Lipinski definition) is 2. The minimum atomic E-state index is -4.47. The van der Waals surface area contributed by atoms with E-state index < -0.39 is 21.3 Å². The molecule has 0 aliphatic carbocycles. The van der Waals surface area contributed by atoms with Crippen LogP contribution >= 0.6 is 0 Å². The maximum absolute atomic E-state index is 10.8. The standard InChI is InChI=1S/C14H28O5S.Na.H/c1-2-3-4-5-6-7-8-9-10-11-12-13(14(15)16)20(17,18)19;;/h13H,2-12H2,1H3,(H,15,16)(H,17,18,19);;. The van der Waals surface area contributed by atoms with E-state index >= 15 is 0 Å². The van der Waals surface area contributed by atoms with Gasteiger partial charge in [-0.15, -0.1) is 0 Å². The van der Waals surface area contributed by atoms with E-state index in [1.54, 1.807) is 0 Å². The fraction of sp³-hybridized carbons (Fsp3) is 0.929. The molecule has 7 heteroatoms. The molecular formula is C14H29NaO5S. The van der Waals surface area contributed by atoms with E-state index in [4.69, 9.17) is 9.66 Å². The molecule has 0 heterocycles. The van der Waals surface area contributed by atoms with E-state index in [0.717, 1.165) is 19.3 Å². The molecule has 0 rings (SSSR count). The van der Waals surface area contributed by atoms with Crippen molar-refractivity contribution < 1.29 is 22.9 Å². The quantitative estimate of drug-likeness (QED) is 0.307. The SMILES string of the molecule is CCCCCCCCCCCCC(C(=O)O)S(=O)(=O)O.[NaH]. The second-order valence-corrected chi connectivity index (χ2v) is 6.91. The van der Waals surface area contributed by atoms with Crippen LogP contribution in [0.1, 0.15) is 77.6 Å². The molecule has 0 amide bonds. The molecular weight excluding hydrogens is 303 g/mol. The van der Waals surface area contributed by atoms with Crippen LogP contribution in [0.5, 0.6) is 0 Å². The average molecular weight is 332 g/mol. The predicted molar refractivity (Wildman–Crippen MR) is 86.6 cm³/mol. The Kier molecular flexibility index (Phi) is 15.8. The molecule has 0 spiro atoms. The van der Waals surface area contributed by atoms with Crippen molar-refractivity contribution in [1.82, 2.24) is 0 Å². The summed E-state index contributed by atoms with van der Waals surface area (Å²) in [7, 11) is -4.47. The van der Waals surface area contributed by atoms with Gasteiger partial charge in [0.05, 0.1) is 0 Å². The molecule has 0 saturated heterocycles. The molecule has 0 fully saturated rings. The zero-order valence-electron chi connectivity index (χ0n) is 12.4. The van der Waals surface area contributed by atoms with E-state index in [0.29, 0.717) is 6.42 Å². The van der Waals surface area contributed by atoms with Crippen molar-refractivity contribution in [2.45, 2.75) is 82.8 Å². The first-order valence-corrected chi connectivity index (χ1v) is 9.09. The second-order valence-electron chi connectivity index (χ2n) is 5.31. The predicted octanol–water partition coefficient (Wildman–Crippen LogP) is 2.99. The maximum atomic E-state index is 10.8. The summed E-state index contributed by atoms with van der Waals surface area (Å²) >= 11 is 0. The molecule has 0 saturated carbocycles. The Morgan fingerprint density at radius 2 is 1.29 bits per heavy atom. The first-order valence-electron chi connectivity index (χ1n) is 7.58. The van der Waals surface area contributed by atoms with Gasteiger partial charge in [0.2, 0.25) is 0 Å². The summed E-state index contributed by atoms with van der Waals surface area (Å²) in [5.41, 5.74) is 0. The van der Waals surface area contributed by atoms with Gasteiger partial charge in [0.15, 0.2) is 5.25 Å². The van der Waals surface area contributed by atoms with Gasteiger partial charge in [-0.05, 0) is 6.42 Å². The van der Waals surface area contributed by atoms with E-state index in [9.17, 15) is 13.2 Å². The molecule has 0 bridgehead atoms. The van der Waals surface area contributed by atoms with E-state index in [1.165, 1.54) is 38.5 Å². The molecule has 122 valence electrons. The number of carboxylic acid groups (broad SMARTS) is 1. The summed E-state index contributed by atoms with van der Waals surface area (Å²) in [6.45, 7) is 2.19. The minimum absolute atomic E-state index is 0. The van der Waals surface area contributed by atoms with Gasteiger partial charge in [0.25, 0.3) is 10.1 Å². The normalized spacial score (nSPS) is 12.7. The third-order valence-corrected chi connectivity index (χ3v) is 4.61. The molecule has 0 aliphatic heterocycles. The van der Waals surface area contributed by atoms with Gasteiger partial charge < -0.3 is 5.11 Å². The summed E-state index contributed by atoms with van der Waals surface area (Å²) in [6, 6.07) is 0. The zero-order chi connectivity index (χ0) is 15.4. The topological polar surface area (TPSA) is 91.7 Å². The average Bonchev–Trinajstić information content (AvgIpc) is 2.34. The Morgan fingerprint density at radius 3 is 1.62 bits per heavy atom. The van der Waals surface area contributed by atoms with Crippen LogP contribution < -0.4 is 0 Å². The van der Waals surface area contributed by atoms with Crippen LogP contribution in [0.4, 0.5) is 0 Å². The van der Waals surface area contributed by atoms with Crippen molar-refractivity contribution in [2.75, 3.05) is 0 Å². The third-order valence-electron chi connectivity index (χ3n) is 3.45. The molecule has 21 heavy (non-hydrogen) atoms. The van der Waals surface area contributed by atoms with E-state index in [-0.39, 0.29) is 36.0 Å². The Bertz CT molecular complexity index is 356. The van der Waals surface area contributed by atoms with Gasteiger partial charge in [-0.1, -0.05) is 71.1 Å². The molecule has 2 N–H and O–H groups in total. The van der Waals surface area contributed by atoms with Crippen LogP contribution in [0.3, 0.4) is 0 Å². The van der Waals surface area contributed by atoms with Crippen LogP contribution in [0.2, 0.25) is 0 Å². The zero-order valence-corrected chi connectivity index (χ0v) is 13.2. The molecule has 1 atom stereocenters. The van der Waals surface area contributed by atoms with Gasteiger partial charge in [0.1, 0.15) is 0 Å². The molecule has 0 aromatic carbocycles. The Labute approximate surface area is 150 Å².